The van der Waals surface area contributed by atoms with Crippen LogP contribution in [0.15, 0.2) is 53.5 Å². The van der Waals surface area contributed by atoms with Crippen molar-refractivity contribution in [3.63, 3.8) is 0 Å². The van der Waals surface area contributed by atoms with Gasteiger partial charge in [-0.15, -0.1) is 0 Å². The van der Waals surface area contributed by atoms with Gasteiger partial charge < -0.3 is 5.11 Å². The number of para-hydroxylation sites is 1. The van der Waals surface area contributed by atoms with Crippen LogP contribution in [0.4, 0.5) is 5.69 Å². The summed E-state index contributed by atoms with van der Waals surface area (Å²) in [5.41, 5.74) is 2.64. The molecule has 2 aromatic rings. The minimum atomic E-state index is 0. The van der Waals surface area contributed by atoms with Crippen molar-refractivity contribution in [2.75, 3.05) is 0 Å². The summed E-state index contributed by atoms with van der Waals surface area (Å²) in [7, 11) is 0. The molecule has 89 valence electrons. The number of hydrogen-bond acceptors (Lipinski definition) is 2. The fraction of sp³-hybridized carbons (Fsp3) is 0.0714. The monoisotopic (exact) mass is 270 g/mol. The number of aliphatic imine (C=N–C) groups is 1. The van der Waals surface area contributed by atoms with Gasteiger partial charge in [-0.05, 0) is 36.8 Å². The second-order valence-corrected chi connectivity index (χ2v) is 3.66. The van der Waals surface area contributed by atoms with E-state index in [2.05, 4.69) is 4.99 Å². The Hall–Kier alpha value is -1.58. The summed E-state index contributed by atoms with van der Waals surface area (Å²) in [6, 6.07) is 15.2. The van der Waals surface area contributed by atoms with E-state index in [1.165, 1.54) is 0 Å². The van der Waals surface area contributed by atoms with Crippen LogP contribution in [0.5, 0.6) is 5.75 Å². The van der Waals surface area contributed by atoms with Gasteiger partial charge in [-0.25, -0.2) is 0 Å². The fourth-order valence-corrected chi connectivity index (χ4v) is 1.42. The average molecular weight is 270 g/mol. The van der Waals surface area contributed by atoms with Crippen LogP contribution in [0.2, 0.25) is 0 Å². The Bertz CT molecular complexity index is 509. The Labute approximate surface area is 111 Å². The van der Waals surface area contributed by atoms with Crippen molar-refractivity contribution in [1.29, 1.82) is 0 Å². The predicted molar refractivity (Wildman–Crippen MR) is 66.5 cm³/mol. The molecule has 1 N–H and O–H groups in total. The van der Waals surface area contributed by atoms with Crippen molar-refractivity contribution in [2.24, 2.45) is 4.99 Å². The molecule has 17 heavy (non-hydrogen) atoms. The number of hydrogen-bond donors (Lipinski definition) is 1. The Balaban J connectivity index is 0.00000144. The van der Waals surface area contributed by atoms with Gasteiger partial charge in [0.2, 0.25) is 0 Å². The molecule has 0 heterocycles. The van der Waals surface area contributed by atoms with E-state index in [0.717, 1.165) is 16.8 Å². The van der Waals surface area contributed by atoms with Crippen LogP contribution in [-0.4, -0.2) is 11.3 Å². The predicted octanol–water partition coefficient (Wildman–Crippen LogP) is 3.45. The fourth-order valence-electron chi connectivity index (χ4n) is 1.42. The van der Waals surface area contributed by atoms with Crippen LogP contribution in [0, 0.1) is 6.92 Å². The second-order valence-electron chi connectivity index (χ2n) is 3.66. The topological polar surface area (TPSA) is 32.6 Å². The molecule has 0 spiro atoms. The number of rotatable bonds is 2. The minimum Gasteiger partial charge on any atom is -0.507 e. The molecule has 0 saturated heterocycles. The first-order chi connectivity index (χ1) is 7.75. The number of aromatic hydroxyl groups is 1. The van der Waals surface area contributed by atoms with E-state index < -0.39 is 0 Å². The Morgan fingerprint density at radius 1 is 1.06 bits per heavy atom. The quantitative estimate of drug-likeness (QED) is 0.833. The van der Waals surface area contributed by atoms with Crippen LogP contribution in [0.25, 0.3) is 0 Å². The van der Waals surface area contributed by atoms with Crippen molar-refractivity contribution in [3.8, 4) is 5.75 Å². The van der Waals surface area contributed by atoms with Crippen LogP contribution < -0.4 is 0 Å². The largest absolute Gasteiger partial charge is 0.507 e. The van der Waals surface area contributed by atoms with E-state index >= 15 is 0 Å². The van der Waals surface area contributed by atoms with Crippen LogP contribution in [0.3, 0.4) is 0 Å². The molecule has 0 saturated carbocycles. The second kappa shape index (κ2) is 6.23. The summed E-state index contributed by atoms with van der Waals surface area (Å²) >= 11 is 0. The van der Waals surface area contributed by atoms with E-state index in [1.54, 1.807) is 12.3 Å². The van der Waals surface area contributed by atoms with Crippen LogP contribution in [-0.2, 0) is 16.8 Å². The summed E-state index contributed by atoms with van der Waals surface area (Å²) in [6.07, 6.45) is 1.67. The molecular weight excluding hydrogens is 257 g/mol. The van der Waals surface area contributed by atoms with Crippen LogP contribution in [0.1, 0.15) is 11.1 Å². The number of benzene rings is 2. The molecule has 0 aromatic heterocycles. The number of phenolic OH excluding ortho intramolecular Hbond substituents is 1. The Morgan fingerprint density at radius 2 is 1.76 bits per heavy atom. The zero-order chi connectivity index (χ0) is 11.4. The average Bonchev–Trinajstić information content (AvgIpc) is 2.29. The summed E-state index contributed by atoms with van der Waals surface area (Å²) < 4.78 is 0. The summed E-state index contributed by atoms with van der Waals surface area (Å²) in [6.45, 7) is 1.94. The minimum absolute atomic E-state index is 0. The summed E-state index contributed by atoms with van der Waals surface area (Å²) in [5, 5.41) is 9.68. The molecule has 2 aromatic carbocycles. The first-order valence-electron chi connectivity index (χ1n) is 5.14. The molecule has 0 aliphatic carbocycles. The standard InChI is InChI=1S/C14H13NO.Co/c1-11-7-8-12(14(16)9-11)10-15-13-5-3-2-4-6-13;/h2-10,16H,1H3;. The van der Waals surface area contributed by atoms with Gasteiger partial charge in [0.15, 0.2) is 0 Å². The van der Waals surface area contributed by atoms with E-state index in [-0.39, 0.29) is 22.5 Å². The van der Waals surface area contributed by atoms with Crippen molar-refractivity contribution in [2.45, 2.75) is 6.92 Å². The van der Waals surface area contributed by atoms with Gasteiger partial charge in [0.25, 0.3) is 0 Å². The van der Waals surface area contributed by atoms with E-state index in [1.807, 2.05) is 49.4 Å². The molecule has 0 bridgehead atoms. The zero-order valence-corrected chi connectivity index (χ0v) is 10.5. The first kappa shape index (κ1) is 13.5. The molecule has 0 amide bonds. The van der Waals surface area contributed by atoms with Gasteiger partial charge in [-0.2, -0.15) is 0 Å². The number of phenols is 1. The summed E-state index contributed by atoms with van der Waals surface area (Å²) in [4.78, 5) is 4.28. The SMILES string of the molecule is Cc1ccc(C=Nc2ccccc2)c(O)c1.[Co]. The van der Waals surface area contributed by atoms with Gasteiger partial charge in [-0.3, -0.25) is 4.99 Å². The zero-order valence-electron chi connectivity index (χ0n) is 9.42. The van der Waals surface area contributed by atoms with Crippen LogP contribution >= 0.6 is 0 Å². The van der Waals surface area contributed by atoms with Crippen molar-refractivity contribution in [3.05, 3.63) is 59.7 Å². The van der Waals surface area contributed by atoms with E-state index in [4.69, 9.17) is 0 Å². The molecule has 0 atom stereocenters. The molecule has 0 aliphatic rings. The number of aryl methyl sites for hydroxylation is 1. The van der Waals surface area contributed by atoms with Gasteiger partial charge >= 0.3 is 0 Å². The third-order valence-corrected chi connectivity index (χ3v) is 2.29. The molecule has 2 rings (SSSR count). The first-order valence-corrected chi connectivity index (χ1v) is 5.14. The molecule has 0 fully saturated rings. The molecule has 3 heteroatoms. The van der Waals surface area contributed by atoms with Gasteiger partial charge in [0, 0.05) is 28.6 Å². The van der Waals surface area contributed by atoms with Crippen molar-refractivity contribution < 1.29 is 21.9 Å². The smallest absolute Gasteiger partial charge is 0.124 e. The van der Waals surface area contributed by atoms with Gasteiger partial charge in [0.1, 0.15) is 5.75 Å². The third-order valence-electron chi connectivity index (χ3n) is 2.29. The Kier molecular flexibility index (Phi) is 4.94. The summed E-state index contributed by atoms with van der Waals surface area (Å²) in [5.74, 6) is 0.264. The molecule has 1 radical (unpaired) electrons. The van der Waals surface area contributed by atoms with Crippen molar-refractivity contribution >= 4 is 11.9 Å². The normalized spacial score (nSPS) is 10.2. The molecule has 0 aliphatic heterocycles. The van der Waals surface area contributed by atoms with Gasteiger partial charge in [-0.1, -0.05) is 24.3 Å². The van der Waals surface area contributed by atoms with E-state index in [0.29, 0.717) is 0 Å². The third kappa shape index (κ3) is 3.73. The van der Waals surface area contributed by atoms with E-state index in [9.17, 15) is 5.11 Å². The number of nitrogens with zero attached hydrogens (tertiary/aromatic N) is 1. The Morgan fingerprint density at radius 3 is 2.41 bits per heavy atom. The maximum atomic E-state index is 9.68. The maximum Gasteiger partial charge on any atom is 0.124 e. The molecule has 0 unspecified atom stereocenters. The molecular formula is C14H13CoNO. The molecule has 2 nitrogen and oxygen atoms in total. The van der Waals surface area contributed by atoms with Gasteiger partial charge in [0.05, 0.1) is 5.69 Å². The van der Waals surface area contributed by atoms with Crippen molar-refractivity contribution in [1.82, 2.24) is 0 Å². The maximum absolute atomic E-state index is 9.68.